The second-order valence-corrected chi connectivity index (χ2v) is 8.84. The van der Waals surface area contributed by atoms with Crippen LogP contribution < -0.4 is 9.47 Å². The van der Waals surface area contributed by atoms with Crippen molar-refractivity contribution in [2.45, 2.75) is 19.4 Å². The number of likely N-dealkylation sites (tertiary alicyclic amines) is 1. The van der Waals surface area contributed by atoms with Crippen LogP contribution in [0.25, 0.3) is 0 Å². The van der Waals surface area contributed by atoms with Crippen LogP contribution in [0, 0.1) is 5.92 Å². The number of ether oxygens (including phenoxy) is 2. The van der Waals surface area contributed by atoms with Crippen molar-refractivity contribution in [3.8, 4) is 11.5 Å². The number of piperidine rings is 1. The van der Waals surface area contributed by atoms with Crippen LogP contribution in [-0.4, -0.2) is 81.6 Å². The zero-order valence-electron chi connectivity index (χ0n) is 19.9. The number of amides is 1. The van der Waals surface area contributed by atoms with E-state index in [1.165, 1.54) is 5.56 Å². The van der Waals surface area contributed by atoms with Crippen LogP contribution in [0.3, 0.4) is 0 Å². The molecule has 6 nitrogen and oxygen atoms in total. The summed E-state index contributed by atoms with van der Waals surface area (Å²) in [6.07, 6.45) is 2.30. The van der Waals surface area contributed by atoms with E-state index in [9.17, 15) is 4.79 Å². The molecule has 0 bridgehead atoms. The Labute approximate surface area is 192 Å². The maximum Gasteiger partial charge on any atom is 0.253 e. The van der Waals surface area contributed by atoms with Crippen molar-refractivity contribution in [1.82, 2.24) is 14.7 Å². The topological polar surface area (TPSA) is 45.2 Å². The summed E-state index contributed by atoms with van der Waals surface area (Å²) in [7, 11) is 7.46. The smallest absolute Gasteiger partial charge is 0.253 e. The number of benzene rings is 2. The van der Waals surface area contributed by atoms with E-state index in [4.69, 9.17) is 9.47 Å². The monoisotopic (exact) mass is 439 g/mol. The first-order chi connectivity index (χ1) is 15.5. The van der Waals surface area contributed by atoms with Gasteiger partial charge in [0.15, 0.2) is 0 Å². The Morgan fingerprint density at radius 2 is 1.78 bits per heavy atom. The third-order valence-electron chi connectivity index (χ3n) is 6.11. The fraction of sp³-hybridized carbons (Fsp3) is 0.500. The first-order valence-corrected chi connectivity index (χ1v) is 11.4. The molecular weight excluding hydrogens is 402 g/mol. The molecule has 0 radical (unpaired) electrons. The largest absolute Gasteiger partial charge is 0.497 e. The maximum atomic E-state index is 13.3. The lowest BCUT2D eigenvalue weighted by molar-refractivity contribution is 0.0660. The quantitative estimate of drug-likeness (QED) is 0.566. The van der Waals surface area contributed by atoms with Gasteiger partial charge in [0.1, 0.15) is 11.5 Å². The molecule has 0 saturated carbocycles. The van der Waals surface area contributed by atoms with Crippen molar-refractivity contribution in [2.75, 3.05) is 61.0 Å². The lowest BCUT2D eigenvalue weighted by Crippen LogP contribution is -2.44. The Kier molecular flexibility index (Phi) is 8.94. The van der Waals surface area contributed by atoms with Crippen LogP contribution in [0.4, 0.5) is 0 Å². The van der Waals surface area contributed by atoms with Crippen LogP contribution in [0.5, 0.6) is 11.5 Å². The summed E-state index contributed by atoms with van der Waals surface area (Å²) in [5.74, 6) is 2.26. The molecule has 1 saturated heterocycles. The first-order valence-electron chi connectivity index (χ1n) is 11.4. The van der Waals surface area contributed by atoms with E-state index >= 15 is 0 Å². The minimum absolute atomic E-state index is 0.0938. The molecule has 1 fully saturated rings. The summed E-state index contributed by atoms with van der Waals surface area (Å²) in [4.78, 5) is 20.0. The number of carbonyl (C=O) groups is 1. The Morgan fingerprint density at radius 3 is 2.47 bits per heavy atom. The van der Waals surface area contributed by atoms with Gasteiger partial charge >= 0.3 is 0 Å². The lowest BCUT2D eigenvalue weighted by Gasteiger charge is -2.36. The SMILES string of the molecule is COc1ccc(C(=O)N(CCN(C)C)C[C@H]2CCCN(Cc3ccccc3OC)C2)cc1. The average Bonchev–Trinajstić information content (AvgIpc) is 2.82. The number of carbonyl (C=O) groups excluding carboxylic acids is 1. The Morgan fingerprint density at radius 1 is 1.03 bits per heavy atom. The number of rotatable bonds is 10. The predicted octanol–water partition coefficient (Wildman–Crippen LogP) is 3.62. The van der Waals surface area contributed by atoms with Crippen molar-refractivity contribution in [3.05, 3.63) is 59.7 Å². The molecule has 2 aromatic carbocycles. The van der Waals surface area contributed by atoms with E-state index < -0.39 is 0 Å². The van der Waals surface area contributed by atoms with Crippen molar-refractivity contribution in [1.29, 1.82) is 0 Å². The van der Waals surface area contributed by atoms with Gasteiger partial charge in [0.25, 0.3) is 5.91 Å². The first kappa shape index (κ1) is 24.1. The molecule has 1 aliphatic heterocycles. The third-order valence-corrected chi connectivity index (χ3v) is 6.11. The predicted molar refractivity (Wildman–Crippen MR) is 128 cm³/mol. The third kappa shape index (κ3) is 6.71. The fourth-order valence-electron chi connectivity index (χ4n) is 4.34. The zero-order chi connectivity index (χ0) is 22.9. The lowest BCUT2D eigenvalue weighted by atomic mass is 9.96. The van der Waals surface area contributed by atoms with Crippen LogP contribution in [0.1, 0.15) is 28.8 Å². The highest BCUT2D eigenvalue weighted by molar-refractivity contribution is 5.94. The summed E-state index contributed by atoms with van der Waals surface area (Å²) in [5.41, 5.74) is 1.93. The van der Waals surface area contributed by atoms with Crippen LogP contribution in [0.2, 0.25) is 0 Å². The molecule has 1 aliphatic rings. The molecular formula is C26H37N3O3. The van der Waals surface area contributed by atoms with Crippen LogP contribution in [-0.2, 0) is 6.54 Å². The molecule has 0 N–H and O–H groups in total. The second kappa shape index (κ2) is 11.9. The maximum absolute atomic E-state index is 13.3. The molecule has 0 unspecified atom stereocenters. The van der Waals surface area contributed by atoms with Gasteiger partial charge in [0.2, 0.25) is 0 Å². The molecule has 6 heteroatoms. The molecule has 1 atom stereocenters. The fourth-order valence-corrected chi connectivity index (χ4v) is 4.34. The highest BCUT2D eigenvalue weighted by Crippen LogP contribution is 2.24. The number of likely N-dealkylation sites (N-methyl/N-ethyl adjacent to an activating group) is 1. The molecule has 32 heavy (non-hydrogen) atoms. The number of methoxy groups -OCH3 is 2. The molecule has 3 rings (SSSR count). The highest BCUT2D eigenvalue weighted by atomic mass is 16.5. The van der Waals surface area contributed by atoms with Crippen LogP contribution >= 0.6 is 0 Å². The highest BCUT2D eigenvalue weighted by Gasteiger charge is 2.25. The van der Waals surface area contributed by atoms with E-state index in [0.29, 0.717) is 11.5 Å². The van der Waals surface area contributed by atoms with Gasteiger partial charge in [-0.15, -0.1) is 0 Å². The van der Waals surface area contributed by atoms with Gasteiger partial charge in [-0.1, -0.05) is 18.2 Å². The molecule has 1 heterocycles. The van der Waals surface area contributed by atoms with E-state index in [1.807, 2.05) is 55.4 Å². The number of hydrogen-bond donors (Lipinski definition) is 0. The van der Waals surface area contributed by atoms with Crippen molar-refractivity contribution >= 4 is 5.91 Å². The Balaban J connectivity index is 1.66. The minimum atomic E-state index is 0.0938. The average molecular weight is 440 g/mol. The summed E-state index contributed by atoms with van der Waals surface area (Å²) in [5, 5.41) is 0. The molecule has 174 valence electrons. The van der Waals surface area contributed by atoms with E-state index in [-0.39, 0.29) is 5.91 Å². The van der Waals surface area contributed by atoms with Gasteiger partial charge in [-0.05, 0) is 69.7 Å². The van der Waals surface area contributed by atoms with Gasteiger partial charge < -0.3 is 19.3 Å². The Hall–Kier alpha value is -2.57. The van der Waals surface area contributed by atoms with Gasteiger partial charge in [-0.2, -0.15) is 0 Å². The van der Waals surface area contributed by atoms with E-state index in [1.54, 1.807) is 14.2 Å². The van der Waals surface area contributed by atoms with Gasteiger partial charge in [0, 0.05) is 43.9 Å². The molecule has 0 aromatic heterocycles. The molecule has 1 amide bonds. The van der Waals surface area contributed by atoms with Crippen molar-refractivity contribution < 1.29 is 14.3 Å². The summed E-state index contributed by atoms with van der Waals surface area (Å²) >= 11 is 0. The van der Waals surface area contributed by atoms with Crippen LogP contribution in [0.15, 0.2) is 48.5 Å². The summed E-state index contributed by atoms with van der Waals surface area (Å²) in [6.45, 7) is 5.30. The van der Waals surface area contributed by atoms with E-state index in [2.05, 4.69) is 21.9 Å². The summed E-state index contributed by atoms with van der Waals surface area (Å²) in [6, 6.07) is 15.7. The minimum Gasteiger partial charge on any atom is -0.497 e. The number of para-hydroxylation sites is 1. The molecule has 0 spiro atoms. The standard InChI is InChI=1S/C26H37N3O3/c1-27(2)16-17-29(26(30)22-11-13-24(31-3)14-12-22)19-21-8-7-15-28(18-21)20-23-9-5-6-10-25(23)32-4/h5-6,9-14,21H,7-8,15-20H2,1-4H3/t21-/m0/s1. The van der Waals surface area contributed by atoms with Gasteiger partial charge in [-0.25, -0.2) is 0 Å². The number of nitrogens with zero attached hydrogens (tertiary/aromatic N) is 3. The molecule has 0 aliphatic carbocycles. The van der Waals surface area contributed by atoms with E-state index in [0.717, 1.165) is 63.6 Å². The molecule has 2 aromatic rings. The summed E-state index contributed by atoms with van der Waals surface area (Å²) < 4.78 is 10.8. The second-order valence-electron chi connectivity index (χ2n) is 8.84. The van der Waals surface area contributed by atoms with Gasteiger partial charge in [-0.3, -0.25) is 9.69 Å². The number of hydrogen-bond acceptors (Lipinski definition) is 5. The van der Waals surface area contributed by atoms with Crippen molar-refractivity contribution in [2.24, 2.45) is 5.92 Å². The zero-order valence-corrected chi connectivity index (χ0v) is 19.9. The normalized spacial score (nSPS) is 16.7. The van der Waals surface area contributed by atoms with Gasteiger partial charge in [0.05, 0.1) is 14.2 Å². The Bertz CT molecular complexity index is 854. The van der Waals surface area contributed by atoms with Crippen molar-refractivity contribution in [3.63, 3.8) is 0 Å².